The summed E-state index contributed by atoms with van der Waals surface area (Å²) in [6, 6.07) is 4.61. The van der Waals surface area contributed by atoms with E-state index in [0.29, 0.717) is 18.9 Å². The number of alkyl halides is 2. The lowest BCUT2D eigenvalue weighted by molar-refractivity contribution is -0.121. The van der Waals surface area contributed by atoms with Crippen LogP contribution in [0.4, 0.5) is 8.78 Å². The minimum atomic E-state index is -2.90. The molecule has 0 saturated heterocycles. The lowest BCUT2D eigenvalue weighted by Gasteiger charge is -2.12. The fraction of sp³-hybridized carbons (Fsp3) is 0.438. The molecule has 1 atom stereocenters. The topological polar surface area (TPSA) is 47.6 Å². The van der Waals surface area contributed by atoms with Gasteiger partial charge in [0.25, 0.3) is 0 Å². The van der Waals surface area contributed by atoms with Crippen LogP contribution < -0.4 is 14.8 Å². The van der Waals surface area contributed by atoms with Crippen LogP contribution in [0.15, 0.2) is 30.4 Å². The zero-order chi connectivity index (χ0) is 15.9. The van der Waals surface area contributed by atoms with Crippen LogP contribution in [0.5, 0.6) is 11.5 Å². The Morgan fingerprint density at radius 1 is 1.41 bits per heavy atom. The number of carbonyl (C=O) groups is 1. The molecule has 0 saturated carbocycles. The van der Waals surface area contributed by atoms with Crippen molar-refractivity contribution in [1.82, 2.24) is 5.32 Å². The average Bonchev–Trinajstić information content (AvgIpc) is 2.98. The van der Waals surface area contributed by atoms with Crippen molar-refractivity contribution in [2.24, 2.45) is 5.92 Å². The lowest BCUT2D eigenvalue weighted by Crippen LogP contribution is -2.24. The summed E-state index contributed by atoms with van der Waals surface area (Å²) in [6.45, 7) is -2.58. The van der Waals surface area contributed by atoms with Crippen molar-refractivity contribution in [2.45, 2.75) is 32.4 Å². The first-order chi connectivity index (χ1) is 10.6. The first-order valence-electron chi connectivity index (χ1n) is 7.13. The molecule has 1 unspecified atom stereocenters. The van der Waals surface area contributed by atoms with Gasteiger partial charge < -0.3 is 14.8 Å². The van der Waals surface area contributed by atoms with Crippen molar-refractivity contribution < 1.29 is 23.0 Å². The van der Waals surface area contributed by atoms with Gasteiger partial charge in [-0.15, -0.1) is 0 Å². The van der Waals surface area contributed by atoms with Gasteiger partial charge in [0, 0.05) is 13.0 Å². The predicted octanol–water partition coefficient (Wildman–Crippen LogP) is 3.27. The number of methoxy groups -OCH3 is 1. The number of nitrogens with one attached hydrogen (secondary N) is 1. The van der Waals surface area contributed by atoms with Gasteiger partial charge in [0.05, 0.1) is 7.11 Å². The minimum absolute atomic E-state index is 0.0244. The summed E-state index contributed by atoms with van der Waals surface area (Å²) < 4.78 is 33.9. The molecule has 0 heterocycles. The third-order valence-electron chi connectivity index (χ3n) is 3.49. The van der Waals surface area contributed by atoms with Crippen molar-refractivity contribution in [3.05, 3.63) is 35.9 Å². The highest BCUT2D eigenvalue weighted by atomic mass is 19.3. The molecule has 0 aromatic heterocycles. The minimum Gasteiger partial charge on any atom is -0.493 e. The average molecular weight is 311 g/mol. The molecule has 22 heavy (non-hydrogen) atoms. The van der Waals surface area contributed by atoms with Gasteiger partial charge in [0.15, 0.2) is 11.5 Å². The number of hydrogen-bond donors (Lipinski definition) is 1. The van der Waals surface area contributed by atoms with Crippen LogP contribution in [0.1, 0.15) is 24.8 Å². The Balaban J connectivity index is 1.89. The maximum atomic E-state index is 12.2. The molecule has 1 aliphatic carbocycles. The molecule has 0 radical (unpaired) electrons. The standard InChI is InChI=1S/C16H19F2NO3/c1-21-14-8-12(6-7-13(14)22-16(17)18)10-19-15(20)9-11-4-2-3-5-11/h2,4,6-8,11,16H,3,5,9-10H2,1H3,(H,19,20). The molecular weight excluding hydrogens is 292 g/mol. The van der Waals surface area contributed by atoms with Crippen LogP contribution in [0, 0.1) is 5.92 Å². The van der Waals surface area contributed by atoms with E-state index in [9.17, 15) is 13.6 Å². The summed E-state index contributed by atoms with van der Waals surface area (Å²) in [5.74, 6) is 0.481. The highest BCUT2D eigenvalue weighted by Gasteiger charge is 2.14. The number of halogens is 2. The Bertz CT molecular complexity index is 546. The second-order valence-electron chi connectivity index (χ2n) is 5.11. The Morgan fingerprint density at radius 3 is 2.86 bits per heavy atom. The van der Waals surface area contributed by atoms with Gasteiger partial charge in [0.1, 0.15) is 0 Å². The molecule has 6 heteroatoms. The van der Waals surface area contributed by atoms with Gasteiger partial charge in [-0.1, -0.05) is 18.2 Å². The normalized spacial score (nSPS) is 16.8. The van der Waals surface area contributed by atoms with Crippen LogP contribution in [-0.2, 0) is 11.3 Å². The first kappa shape index (κ1) is 16.3. The monoisotopic (exact) mass is 311 g/mol. The van der Waals surface area contributed by atoms with Crippen LogP contribution in [0.2, 0.25) is 0 Å². The molecule has 0 spiro atoms. The Labute approximate surface area is 128 Å². The van der Waals surface area contributed by atoms with Crippen molar-refractivity contribution in [1.29, 1.82) is 0 Å². The van der Waals surface area contributed by atoms with Gasteiger partial charge in [0.2, 0.25) is 5.91 Å². The van der Waals surface area contributed by atoms with E-state index in [1.54, 1.807) is 12.1 Å². The molecular formula is C16H19F2NO3. The SMILES string of the molecule is COc1cc(CNC(=O)CC2C=CCC2)ccc1OC(F)F. The molecule has 0 bridgehead atoms. The summed E-state index contributed by atoms with van der Waals surface area (Å²) >= 11 is 0. The van der Waals surface area contributed by atoms with Gasteiger partial charge in [-0.2, -0.15) is 8.78 Å². The van der Waals surface area contributed by atoms with E-state index in [0.717, 1.165) is 18.4 Å². The number of ether oxygens (including phenoxy) is 2. The summed E-state index contributed by atoms with van der Waals surface area (Å²) in [5.41, 5.74) is 0.758. The molecule has 1 amide bonds. The maximum Gasteiger partial charge on any atom is 0.387 e. The molecule has 120 valence electrons. The Morgan fingerprint density at radius 2 is 2.23 bits per heavy atom. The van der Waals surface area contributed by atoms with Gasteiger partial charge in [-0.3, -0.25) is 4.79 Å². The fourth-order valence-electron chi connectivity index (χ4n) is 2.39. The lowest BCUT2D eigenvalue weighted by atomic mass is 10.1. The van der Waals surface area contributed by atoms with E-state index in [-0.39, 0.29) is 17.4 Å². The van der Waals surface area contributed by atoms with E-state index < -0.39 is 6.61 Å². The summed E-state index contributed by atoms with van der Waals surface area (Å²) in [4.78, 5) is 11.8. The first-order valence-corrected chi connectivity index (χ1v) is 7.13. The molecule has 1 N–H and O–H groups in total. The van der Waals surface area contributed by atoms with Crippen LogP contribution in [0.25, 0.3) is 0 Å². The van der Waals surface area contributed by atoms with E-state index in [1.807, 2.05) is 0 Å². The number of carbonyl (C=O) groups excluding carboxylic acids is 1. The quantitative estimate of drug-likeness (QED) is 0.786. The number of rotatable bonds is 7. The third kappa shape index (κ3) is 4.72. The molecule has 0 aliphatic heterocycles. The Kier molecular flexibility index (Phi) is 5.75. The zero-order valence-corrected chi connectivity index (χ0v) is 12.4. The third-order valence-corrected chi connectivity index (χ3v) is 3.49. The van der Waals surface area contributed by atoms with Gasteiger partial charge >= 0.3 is 6.61 Å². The predicted molar refractivity (Wildman–Crippen MR) is 78.0 cm³/mol. The number of allylic oxidation sites excluding steroid dienone is 2. The van der Waals surface area contributed by atoms with Gasteiger partial charge in [-0.25, -0.2) is 0 Å². The second-order valence-corrected chi connectivity index (χ2v) is 5.11. The summed E-state index contributed by atoms with van der Waals surface area (Å²) in [6.07, 6.45) is 6.67. The zero-order valence-electron chi connectivity index (χ0n) is 12.4. The number of benzene rings is 1. The molecule has 2 rings (SSSR count). The van der Waals surface area contributed by atoms with E-state index in [1.165, 1.54) is 13.2 Å². The van der Waals surface area contributed by atoms with Crippen LogP contribution in [0.3, 0.4) is 0 Å². The number of hydrogen-bond acceptors (Lipinski definition) is 3. The van der Waals surface area contributed by atoms with E-state index >= 15 is 0 Å². The molecule has 1 aromatic carbocycles. The smallest absolute Gasteiger partial charge is 0.387 e. The van der Waals surface area contributed by atoms with Crippen LogP contribution >= 0.6 is 0 Å². The van der Waals surface area contributed by atoms with Crippen molar-refractivity contribution >= 4 is 5.91 Å². The molecule has 1 aliphatic rings. The van der Waals surface area contributed by atoms with E-state index in [4.69, 9.17) is 4.74 Å². The number of amides is 1. The largest absolute Gasteiger partial charge is 0.493 e. The molecule has 0 fully saturated rings. The van der Waals surface area contributed by atoms with Crippen molar-refractivity contribution in [3.8, 4) is 11.5 Å². The van der Waals surface area contributed by atoms with E-state index in [2.05, 4.69) is 22.2 Å². The fourth-order valence-corrected chi connectivity index (χ4v) is 2.39. The molecule has 1 aromatic rings. The highest BCUT2D eigenvalue weighted by Crippen LogP contribution is 2.29. The van der Waals surface area contributed by atoms with Crippen LogP contribution in [-0.4, -0.2) is 19.6 Å². The second kappa shape index (κ2) is 7.77. The summed E-state index contributed by atoms with van der Waals surface area (Å²) in [5, 5.41) is 2.82. The maximum absolute atomic E-state index is 12.2. The summed E-state index contributed by atoms with van der Waals surface area (Å²) in [7, 11) is 1.38. The highest BCUT2D eigenvalue weighted by molar-refractivity contribution is 5.76. The van der Waals surface area contributed by atoms with Crippen molar-refractivity contribution in [3.63, 3.8) is 0 Å². The molecule has 4 nitrogen and oxygen atoms in total. The van der Waals surface area contributed by atoms with Gasteiger partial charge in [-0.05, 0) is 36.5 Å². The van der Waals surface area contributed by atoms with Crippen molar-refractivity contribution in [2.75, 3.05) is 7.11 Å². The Hall–Kier alpha value is -2.11.